The number of anilines is 1. The fraction of sp³-hybridized carbons (Fsp3) is 0.278. The Hall–Kier alpha value is -2.37. The van der Waals surface area contributed by atoms with Gasteiger partial charge in [0.05, 0.1) is 18.8 Å². The molecule has 2 aromatic carbocycles. The molecule has 2 atom stereocenters. The van der Waals surface area contributed by atoms with Crippen molar-refractivity contribution >= 4 is 11.7 Å². The highest BCUT2D eigenvalue weighted by atomic mass is 16.5. The molecule has 1 aliphatic rings. The van der Waals surface area contributed by atoms with Gasteiger partial charge in [-0.15, -0.1) is 0 Å². The number of fused-ring (bicyclic) bond motifs is 1. The number of hydrogen-bond donors (Lipinski definition) is 3. The Morgan fingerprint density at radius 1 is 1.26 bits per heavy atom. The van der Waals surface area contributed by atoms with Gasteiger partial charge in [0.25, 0.3) is 0 Å². The zero-order chi connectivity index (χ0) is 16.2. The second-order valence-corrected chi connectivity index (χ2v) is 5.68. The van der Waals surface area contributed by atoms with Gasteiger partial charge in [-0.2, -0.15) is 0 Å². The molecule has 0 bridgehead atoms. The Bertz CT molecular complexity index is 702. The van der Waals surface area contributed by atoms with Crippen LogP contribution in [-0.2, 0) is 17.8 Å². The number of benzene rings is 2. The van der Waals surface area contributed by atoms with Crippen LogP contribution in [0.5, 0.6) is 0 Å². The molecule has 0 saturated heterocycles. The van der Waals surface area contributed by atoms with Gasteiger partial charge in [0.2, 0.25) is 0 Å². The molecule has 5 heteroatoms. The quantitative estimate of drug-likeness (QED) is 0.813. The van der Waals surface area contributed by atoms with Crippen molar-refractivity contribution < 1.29 is 14.6 Å². The summed E-state index contributed by atoms with van der Waals surface area (Å²) < 4.78 is 5.09. The molecule has 5 nitrogen and oxygen atoms in total. The van der Waals surface area contributed by atoms with E-state index in [0.717, 1.165) is 16.7 Å². The Balaban J connectivity index is 1.67. The van der Waals surface area contributed by atoms with E-state index in [4.69, 9.17) is 4.74 Å². The van der Waals surface area contributed by atoms with E-state index >= 15 is 0 Å². The first-order chi connectivity index (χ1) is 11.2. The zero-order valence-corrected chi connectivity index (χ0v) is 13.0. The maximum atomic E-state index is 12.2. The SMILES string of the molecule is COCc1cccc(NC(=O)N[C@H]2c3ccccc3C[C@H]2O)c1. The number of hydrogen-bond acceptors (Lipinski definition) is 3. The number of methoxy groups -OCH3 is 1. The third-order valence-electron chi connectivity index (χ3n) is 3.99. The van der Waals surface area contributed by atoms with Gasteiger partial charge in [0.1, 0.15) is 0 Å². The highest BCUT2D eigenvalue weighted by Crippen LogP contribution is 2.31. The molecule has 0 spiro atoms. The van der Waals surface area contributed by atoms with E-state index in [1.54, 1.807) is 7.11 Å². The third kappa shape index (κ3) is 3.52. The average molecular weight is 312 g/mol. The van der Waals surface area contributed by atoms with Crippen LogP contribution in [0.2, 0.25) is 0 Å². The van der Waals surface area contributed by atoms with Gasteiger partial charge in [-0.05, 0) is 28.8 Å². The zero-order valence-electron chi connectivity index (χ0n) is 13.0. The van der Waals surface area contributed by atoms with Crippen molar-refractivity contribution in [1.29, 1.82) is 0 Å². The van der Waals surface area contributed by atoms with Gasteiger partial charge >= 0.3 is 6.03 Å². The van der Waals surface area contributed by atoms with Crippen molar-refractivity contribution in [2.75, 3.05) is 12.4 Å². The molecule has 2 amide bonds. The minimum Gasteiger partial charge on any atom is -0.390 e. The normalized spacial score (nSPS) is 19.2. The lowest BCUT2D eigenvalue weighted by Gasteiger charge is -2.18. The van der Waals surface area contributed by atoms with Crippen molar-refractivity contribution in [3.05, 3.63) is 65.2 Å². The number of carbonyl (C=O) groups excluding carboxylic acids is 1. The highest BCUT2D eigenvalue weighted by molar-refractivity contribution is 5.89. The number of amides is 2. The van der Waals surface area contributed by atoms with E-state index in [1.165, 1.54) is 0 Å². The number of carbonyl (C=O) groups is 1. The number of aliphatic hydroxyl groups excluding tert-OH is 1. The summed E-state index contributed by atoms with van der Waals surface area (Å²) in [5.41, 5.74) is 3.73. The molecule has 0 aliphatic heterocycles. The van der Waals surface area contributed by atoms with Gasteiger partial charge in [0, 0.05) is 19.2 Å². The second kappa shape index (κ2) is 6.81. The molecule has 120 valence electrons. The summed E-state index contributed by atoms with van der Waals surface area (Å²) in [7, 11) is 1.63. The number of rotatable bonds is 4. The van der Waals surface area contributed by atoms with E-state index in [-0.39, 0.29) is 12.1 Å². The maximum absolute atomic E-state index is 12.2. The first kappa shape index (κ1) is 15.5. The summed E-state index contributed by atoms with van der Waals surface area (Å²) in [4.78, 5) is 12.2. The first-order valence-corrected chi connectivity index (χ1v) is 7.58. The highest BCUT2D eigenvalue weighted by Gasteiger charge is 2.31. The van der Waals surface area contributed by atoms with Crippen LogP contribution in [0.15, 0.2) is 48.5 Å². The summed E-state index contributed by atoms with van der Waals surface area (Å²) >= 11 is 0. The molecule has 1 aliphatic carbocycles. The van der Waals surface area contributed by atoms with Crippen LogP contribution in [0.3, 0.4) is 0 Å². The summed E-state index contributed by atoms with van der Waals surface area (Å²) in [5, 5.41) is 15.8. The minimum absolute atomic E-state index is 0.333. The number of ether oxygens (including phenoxy) is 1. The maximum Gasteiger partial charge on any atom is 0.319 e. The largest absolute Gasteiger partial charge is 0.390 e. The molecule has 0 saturated carbocycles. The van der Waals surface area contributed by atoms with Crippen LogP contribution in [-0.4, -0.2) is 24.4 Å². The molecular formula is C18H20N2O3. The monoisotopic (exact) mass is 312 g/mol. The Morgan fingerprint density at radius 3 is 2.91 bits per heavy atom. The molecule has 2 aromatic rings. The standard InChI is InChI=1S/C18H20N2O3/c1-23-11-12-5-4-7-14(9-12)19-18(22)20-17-15-8-3-2-6-13(15)10-16(17)21/h2-9,16-17,21H,10-11H2,1H3,(H2,19,20,22)/t16-,17+/m1/s1. The van der Waals surface area contributed by atoms with Crippen molar-refractivity contribution in [2.45, 2.75) is 25.2 Å². The molecule has 0 aromatic heterocycles. The van der Waals surface area contributed by atoms with Gasteiger partial charge in [-0.1, -0.05) is 36.4 Å². The molecule has 3 rings (SSSR count). The lowest BCUT2D eigenvalue weighted by molar-refractivity contribution is 0.144. The molecular weight excluding hydrogens is 292 g/mol. The van der Waals surface area contributed by atoms with Crippen LogP contribution in [0.4, 0.5) is 10.5 Å². The lowest BCUT2D eigenvalue weighted by atomic mass is 10.1. The molecule has 3 N–H and O–H groups in total. The fourth-order valence-corrected chi connectivity index (χ4v) is 2.96. The fourth-order valence-electron chi connectivity index (χ4n) is 2.96. The minimum atomic E-state index is -0.599. The molecule has 0 radical (unpaired) electrons. The van der Waals surface area contributed by atoms with Crippen molar-refractivity contribution in [3.63, 3.8) is 0 Å². The van der Waals surface area contributed by atoms with Crippen LogP contribution in [0, 0.1) is 0 Å². The lowest BCUT2D eigenvalue weighted by Crippen LogP contribution is -2.36. The average Bonchev–Trinajstić information content (AvgIpc) is 2.84. The molecule has 0 fully saturated rings. The first-order valence-electron chi connectivity index (χ1n) is 7.58. The Morgan fingerprint density at radius 2 is 2.09 bits per heavy atom. The van der Waals surface area contributed by atoms with E-state index in [2.05, 4.69) is 10.6 Å². The van der Waals surface area contributed by atoms with Crippen LogP contribution >= 0.6 is 0 Å². The van der Waals surface area contributed by atoms with E-state index < -0.39 is 6.10 Å². The molecule has 23 heavy (non-hydrogen) atoms. The van der Waals surface area contributed by atoms with Crippen molar-refractivity contribution in [2.24, 2.45) is 0 Å². The predicted octanol–water partition coefficient (Wildman–Crippen LogP) is 2.61. The van der Waals surface area contributed by atoms with Crippen LogP contribution < -0.4 is 10.6 Å². The van der Waals surface area contributed by atoms with Gasteiger partial charge in [0.15, 0.2) is 0 Å². The van der Waals surface area contributed by atoms with Crippen LogP contribution in [0.25, 0.3) is 0 Å². The smallest absolute Gasteiger partial charge is 0.319 e. The number of urea groups is 1. The number of aliphatic hydroxyl groups is 1. The molecule has 0 unspecified atom stereocenters. The van der Waals surface area contributed by atoms with E-state index in [0.29, 0.717) is 18.7 Å². The van der Waals surface area contributed by atoms with Crippen LogP contribution in [0.1, 0.15) is 22.7 Å². The van der Waals surface area contributed by atoms with E-state index in [1.807, 2.05) is 48.5 Å². The Labute approximate surface area is 135 Å². The second-order valence-electron chi connectivity index (χ2n) is 5.68. The van der Waals surface area contributed by atoms with E-state index in [9.17, 15) is 9.90 Å². The summed E-state index contributed by atoms with van der Waals surface area (Å²) in [6, 6.07) is 14.5. The third-order valence-corrected chi connectivity index (χ3v) is 3.99. The van der Waals surface area contributed by atoms with Gasteiger partial charge in [-0.3, -0.25) is 0 Å². The Kier molecular flexibility index (Phi) is 4.60. The topological polar surface area (TPSA) is 70.6 Å². The van der Waals surface area contributed by atoms with Crippen molar-refractivity contribution in [3.8, 4) is 0 Å². The summed E-state index contributed by atoms with van der Waals surface area (Å²) in [6.07, 6.45) is -0.0391. The van der Waals surface area contributed by atoms with Gasteiger partial charge in [-0.25, -0.2) is 4.79 Å². The summed E-state index contributed by atoms with van der Waals surface area (Å²) in [6.45, 7) is 0.492. The predicted molar refractivity (Wildman–Crippen MR) is 88.2 cm³/mol. The summed E-state index contributed by atoms with van der Waals surface area (Å²) in [5.74, 6) is 0. The molecule has 0 heterocycles. The van der Waals surface area contributed by atoms with Gasteiger partial charge < -0.3 is 20.5 Å². The number of nitrogens with one attached hydrogen (secondary N) is 2. The van der Waals surface area contributed by atoms with Crippen molar-refractivity contribution in [1.82, 2.24) is 5.32 Å².